The van der Waals surface area contributed by atoms with E-state index in [0.29, 0.717) is 35.1 Å². The van der Waals surface area contributed by atoms with Gasteiger partial charge >= 0.3 is 0 Å². The fraction of sp³-hybridized carbons (Fsp3) is 0.500. The zero-order valence-corrected chi connectivity index (χ0v) is 42.1. The molecule has 68 heavy (non-hydrogen) atoms. The number of nitrogens with one attached hydrogen (secondary N) is 4. The Kier molecular flexibility index (Phi) is 16.6. The second kappa shape index (κ2) is 21.8. The van der Waals surface area contributed by atoms with Gasteiger partial charge in [0, 0.05) is 60.3 Å². The standard InChI is InChI=1S/C52H66ClN7O7S/c1-31(33-13-15-34(16-14-33)43-32(2)56-30-68-43)57-46(64)41-25-38(61)28-60(41)47(65)44(50(3,4)5)58-42(62)29-66-24-12-10-11-23-55-37-20-17-35(18-21-37)45(63)59-48-51(6,7)49(52(48,8)9)67-39-22-19-36(27-54)40(53)26-39/h13-22,26,30-31,38,41,44,48-49,55,61H,10-12,23-25,28-29H2,1-9H3,(H,57,64)(H,58,62)(H,59,63)/t31-,38+,41-,44+,48?,49?/m1/s1. The van der Waals surface area contributed by atoms with E-state index < -0.39 is 35.4 Å². The van der Waals surface area contributed by atoms with E-state index in [2.05, 4.69) is 60.0 Å². The van der Waals surface area contributed by atoms with E-state index in [9.17, 15) is 29.5 Å². The highest BCUT2D eigenvalue weighted by Gasteiger charge is 2.64. The number of likely N-dealkylation sites (tertiary alicyclic amines) is 1. The van der Waals surface area contributed by atoms with Gasteiger partial charge in [0.1, 0.15) is 36.6 Å². The number of unbranched alkanes of at least 4 members (excludes halogenated alkanes) is 2. The van der Waals surface area contributed by atoms with Gasteiger partial charge in [-0.2, -0.15) is 5.26 Å². The second-order valence-corrected chi connectivity index (χ2v) is 21.6. The van der Waals surface area contributed by atoms with Crippen LogP contribution in [0, 0.1) is 34.5 Å². The summed E-state index contributed by atoms with van der Waals surface area (Å²) in [6.45, 7) is 18.5. The number of ether oxygens (including phenoxy) is 2. The van der Waals surface area contributed by atoms with Crippen molar-refractivity contribution < 1.29 is 33.8 Å². The summed E-state index contributed by atoms with van der Waals surface area (Å²) in [5.41, 5.74) is 5.11. The molecule has 0 radical (unpaired) electrons. The lowest BCUT2D eigenvalue weighted by Gasteiger charge is -2.63. The first-order valence-corrected chi connectivity index (χ1v) is 24.5. The highest BCUT2D eigenvalue weighted by molar-refractivity contribution is 7.13. The highest BCUT2D eigenvalue weighted by Crippen LogP contribution is 2.55. The quantitative estimate of drug-likeness (QED) is 0.0572. The average molecular weight is 969 g/mol. The number of halogens is 1. The molecule has 14 nitrogen and oxygen atoms in total. The zero-order chi connectivity index (χ0) is 49.6. The summed E-state index contributed by atoms with van der Waals surface area (Å²) < 4.78 is 12.1. The van der Waals surface area contributed by atoms with Crippen molar-refractivity contribution in [3.8, 4) is 22.3 Å². The second-order valence-electron chi connectivity index (χ2n) is 20.3. The molecule has 16 heteroatoms. The van der Waals surface area contributed by atoms with Crippen molar-refractivity contribution in [3.05, 3.63) is 99.6 Å². The maximum absolute atomic E-state index is 14.1. The van der Waals surface area contributed by atoms with Crippen LogP contribution in [0.3, 0.4) is 0 Å². The van der Waals surface area contributed by atoms with Gasteiger partial charge in [-0.25, -0.2) is 4.98 Å². The lowest BCUT2D eigenvalue weighted by atomic mass is 9.49. The van der Waals surface area contributed by atoms with Crippen molar-refractivity contribution in [1.82, 2.24) is 25.8 Å². The lowest BCUT2D eigenvalue weighted by molar-refractivity contribution is -0.164. The van der Waals surface area contributed by atoms with Crippen LogP contribution in [0.15, 0.2) is 72.2 Å². The van der Waals surface area contributed by atoms with Crippen molar-refractivity contribution in [2.24, 2.45) is 16.2 Å². The monoisotopic (exact) mass is 967 g/mol. The summed E-state index contributed by atoms with van der Waals surface area (Å²) in [4.78, 5) is 61.0. The average Bonchev–Trinajstić information content (AvgIpc) is 3.91. The first kappa shape index (κ1) is 51.9. The number of aromatic nitrogens is 1. The van der Waals surface area contributed by atoms with E-state index in [1.54, 1.807) is 41.7 Å². The number of nitriles is 1. The molecule has 1 aromatic heterocycles. The number of aliphatic hydroxyl groups is 1. The minimum atomic E-state index is -0.952. The fourth-order valence-corrected chi connectivity index (χ4v) is 10.7. The van der Waals surface area contributed by atoms with Gasteiger partial charge in [0.05, 0.1) is 38.8 Å². The molecule has 1 saturated heterocycles. The van der Waals surface area contributed by atoms with E-state index in [0.717, 1.165) is 46.6 Å². The predicted molar refractivity (Wildman–Crippen MR) is 265 cm³/mol. The number of rotatable bonds is 19. The first-order valence-electron chi connectivity index (χ1n) is 23.3. The summed E-state index contributed by atoms with van der Waals surface area (Å²) in [5.74, 6) is -0.820. The van der Waals surface area contributed by atoms with Crippen LogP contribution in [0.25, 0.3) is 10.4 Å². The maximum atomic E-state index is 14.1. The number of hydrogen-bond acceptors (Lipinski definition) is 11. The topological polar surface area (TPSA) is 195 Å². The van der Waals surface area contributed by atoms with Crippen LogP contribution < -0.4 is 26.0 Å². The van der Waals surface area contributed by atoms with Gasteiger partial charge < -0.3 is 40.7 Å². The van der Waals surface area contributed by atoms with Gasteiger partial charge in [-0.05, 0) is 86.1 Å². The van der Waals surface area contributed by atoms with Crippen LogP contribution in [0.2, 0.25) is 5.02 Å². The molecule has 2 aliphatic rings. The Morgan fingerprint density at radius 2 is 1.68 bits per heavy atom. The third-order valence-corrected chi connectivity index (χ3v) is 14.5. The summed E-state index contributed by atoms with van der Waals surface area (Å²) in [5, 5.41) is 32.7. The van der Waals surface area contributed by atoms with Gasteiger partial charge in [-0.15, -0.1) is 11.3 Å². The molecule has 4 atom stereocenters. The molecule has 2 fully saturated rings. The van der Waals surface area contributed by atoms with Crippen LogP contribution in [-0.4, -0.2) is 95.3 Å². The van der Waals surface area contributed by atoms with Gasteiger partial charge in [0.25, 0.3) is 5.91 Å². The Bertz CT molecular complexity index is 2450. The van der Waals surface area contributed by atoms with Crippen LogP contribution in [0.5, 0.6) is 5.75 Å². The van der Waals surface area contributed by atoms with Crippen LogP contribution in [0.4, 0.5) is 5.69 Å². The van der Waals surface area contributed by atoms with Gasteiger partial charge in [-0.1, -0.05) is 84.3 Å². The smallest absolute Gasteiger partial charge is 0.251 e. The third-order valence-electron chi connectivity index (χ3n) is 13.2. The molecule has 0 bridgehead atoms. The molecular formula is C52H66ClN7O7S. The molecule has 1 aliphatic heterocycles. The number of aliphatic hydroxyl groups excluding tert-OH is 1. The van der Waals surface area contributed by atoms with Gasteiger partial charge in [0.15, 0.2) is 0 Å². The molecule has 1 saturated carbocycles. The zero-order valence-electron chi connectivity index (χ0n) is 40.6. The molecule has 364 valence electrons. The van der Waals surface area contributed by atoms with Crippen molar-refractivity contribution >= 4 is 52.3 Å². The Labute approximate surface area is 409 Å². The molecule has 0 spiro atoms. The summed E-state index contributed by atoms with van der Waals surface area (Å²) in [7, 11) is 0. The Morgan fingerprint density at radius 1 is 0.985 bits per heavy atom. The number of hydrogen-bond donors (Lipinski definition) is 5. The van der Waals surface area contributed by atoms with Gasteiger partial charge in [-0.3, -0.25) is 19.2 Å². The molecule has 2 heterocycles. The van der Waals surface area contributed by atoms with E-state index in [4.69, 9.17) is 21.1 Å². The van der Waals surface area contributed by atoms with Crippen LogP contribution in [-0.2, 0) is 19.1 Å². The molecule has 0 unspecified atom stereocenters. The van der Waals surface area contributed by atoms with Crippen molar-refractivity contribution in [1.29, 1.82) is 5.26 Å². The Hall–Kier alpha value is -5.53. The number of thiazole rings is 1. The van der Waals surface area contributed by atoms with E-state index in [1.807, 2.05) is 76.5 Å². The van der Waals surface area contributed by atoms with E-state index in [1.165, 1.54) is 4.90 Å². The molecule has 4 amide bonds. The number of benzene rings is 3. The number of anilines is 1. The first-order chi connectivity index (χ1) is 32.1. The molecule has 5 N–H and O–H groups in total. The van der Waals surface area contributed by atoms with Gasteiger partial charge in [0.2, 0.25) is 17.7 Å². The Morgan fingerprint density at radius 3 is 2.29 bits per heavy atom. The molecule has 1 aliphatic carbocycles. The molecule has 4 aromatic rings. The molecular weight excluding hydrogens is 902 g/mol. The number of aryl methyl sites for hydroxylation is 1. The maximum Gasteiger partial charge on any atom is 0.251 e. The fourth-order valence-electron chi connectivity index (χ4n) is 9.67. The van der Waals surface area contributed by atoms with Crippen LogP contribution in [0.1, 0.15) is 114 Å². The minimum Gasteiger partial charge on any atom is -0.489 e. The largest absolute Gasteiger partial charge is 0.489 e. The van der Waals surface area contributed by atoms with Crippen molar-refractivity contribution in [2.75, 3.05) is 31.6 Å². The number of nitrogens with zero attached hydrogens (tertiary/aromatic N) is 3. The highest BCUT2D eigenvalue weighted by atomic mass is 35.5. The van der Waals surface area contributed by atoms with Crippen LogP contribution >= 0.6 is 22.9 Å². The normalized spacial score (nSPS) is 20.3. The summed E-state index contributed by atoms with van der Waals surface area (Å²) in [6.07, 6.45) is 1.46. The molecule has 3 aromatic carbocycles. The van der Waals surface area contributed by atoms with E-state index in [-0.39, 0.29) is 60.4 Å². The number of β-amino-alcohol motifs (C(OH)–C–C–N with tert-alkyl or cyclic N) is 1. The summed E-state index contributed by atoms with van der Waals surface area (Å²) in [6, 6.07) is 20.1. The molecule has 6 rings (SSSR count). The van der Waals surface area contributed by atoms with Crippen molar-refractivity contribution in [3.63, 3.8) is 0 Å². The number of carbonyl (C=O) groups is 4. The lowest BCUT2D eigenvalue weighted by Crippen LogP contribution is -2.74. The minimum absolute atomic E-state index is 0.0135. The third kappa shape index (κ3) is 12.2. The van der Waals surface area contributed by atoms with E-state index >= 15 is 0 Å². The van der Waals surface area contributed by atoms with Crippen molar-refractivity contribution in [2.45, 2.75) is 124 Å². The predicted octanol–water partition coefficient (Wildman–Crippen LogP) is 8.22. The summed E-state index contributed by atoms with van der Waals surface area (Å²) >= 11 is 7.81. The number of amides is 4. The SMILES string of the molecule is Cc1ncsc1-c1ccc([C@@H](C)NC(=O)[C@H]2C[C@H](O)CN2C(=O)[C@H](NC(=O)COCCCCCNc2ccc(C(=O)NC3C(C)(C)C(Oc4ccc(C#N)c(Cl)c4)C3(C)C)cc2)C(C)(C)C)cc1. The Balaban J connectivity index is 0.887. The number of carbonyl (C=O) groups excluding carboxylic acids is 4.